The standard InChI is InChI=1S/C15H14F3NO/c1-19-10-11-4-2-3-5-14(11)20-13-8-6-12(7-9-13)15(16,17)18/h2-9,19H,10H2,1H3. The largest absolute Gasteiger partial charge is 0.457 e. The molecule has 2 aromatic rings. The van der Waals surface area contributed by atoms with Gasteiger partial charge in [0.15, 0.2) is 0 Å². The number of hydrogen-bond acceptors (Lipinski definition) is 2. The molecule has 0 unspecified atom stereocenters. The average Bonchev–Trinajstić information content (AvgIpc) is 2.41. The van der Waals surface area contributed by atoms with Crippen molar-refractivity contribution in [2.75, 3.05) is 7.05 Å². The van der Waals surface area contributed by atoms with Crippen LogP contribution < -0.4 is 10.1 Å². The first-order chi connectivity index (χ1) is 9.50. The summed E-state index contributed by atoms with van der Waals surface area (Å²) in [5.74, 6) is 1.00. The van der Waals surface area contributed by atoms with Gasteiger partial charge in [0.25, 0.3) is 0 Å². The number of hydrogen-bond donors (Lipinski definition) is 1. The number of ether oxygens (including phenoxy) is 1. The summed E-state index contributed by atoms with van der Waals surface area (Å²) in [5, 5.41) is 3.01. The molecular weight excluding hydrogens is 267 g/mol. The van der Waals surface area contributed by atoms with E-state index in [1.54, 1.807) is 6.07 Å². The lowest BCUT2D eigenvalue weighted by Gasteiger charge is -2.12. The van der Waals surface area contributed by atoms with Crippen LogP contribution in [0.3, 0.4) is 0 Å². The van der Waals surface area contributed by atoms with Crippen molar-refractivity contribution in [1.82, 2.24) is 5.32 Å². The molecule has 0 atom stereocenters. The first-order valence-corrected chi connectivity index (χ1v) is 6.08. The molecule has 0 radical (unpaired) electrons. The Bertz CT molecular complexity index is 564. The van der Waals surface area contributed by atoms with E-state index in [4.69, 9.17) is 4.74 Å². The van der Waals surface area contributed by atoms with Crippen LogP contribution in [0.2, 0.25) is 0 Å². The molecule has 106 valence electrons. The molecule has 0 aromatic heterocycles. The SMILES string of the molecule is CNCc1ccccc1Oc1ccc(C(F)(F)F)cc1. The van der Waals surface area contributed by atoms with Gasteiger partial charge in [0, 0.05) is 12.1 Å². The van der Waals surface area contributed by atoms with Gasteiger partial charge in [-0.25, -0.2) is 0 Å². The van der Waals surface area contributed by atoms with Crippen molar-refractivity contribution in [3.8, 4) is 11.5 Å². The monoisotopic (exact) mass is 281 g/mol. The molecule has 0 fully saturated rings. The van der Waals surface area contributed by atoms with Gasteiger partial charge < -0.3 is 10.1 Å². The zero-order valence-corrected chi connectivity index (χ0v) is 10.9. The lowest BCUT2D eigenvalue weighted by atomic mass is 10.2. The number of nitrogens with one attached hydrogen (secondary N) is 1. The van der Waals surface area contributed by atoms with E-state index in [0.29, 0.717) is 18.0 Å². The quantitative estimate of drug-likeness (QED) is 0.906. The third-order valence-electron chi connectivity index (χ3n) is 2.75. The molecule has 20 heavy (non-hydrogen) atoms. The van der Waals surface area contributed by atoms with E-state index in [2.05, 4.69) is 5.32 Å². The van der Waals surface area contributed by atoms with Crippen molar-refractivity contribution in [2.45, 2.75) is 12.7 Å². The molecule has 0 bridgehead atoms. The molecule has 0 saturated carbocycles. The topological polar surface area (TPSA) is 21.3 Å². The van der Waals surface area contributed by atoms with E-state index in [1.165, 1.54) is 12.1 Å². The lowest BCUT2D eigenvalue weighted by Crippen LogP contribution is -2.06. The van der Waals surface area contributed by atoms with Crippen LogP contribution in [0.1, 0.15) is 11.1 Å². The Labute approximate surface area is 115 Å². The van der Waals surface area contributed by atoms with Crippen LogP contribution >= 0.6 is 0 Å². The third kappa shape index (κ3) is 3.51. The third-order valence-corrected chi connectivity index (χ3v) is 2.75. The van der Waals surface area contributed by atoms with Crippen molar-refractivity contribution in [3.05, 3.63) is 59.7 Å². The summed E-state index contributed by atoms with van der Waals surface area (Å²) in [5.41, 5.74) is 0.253. The van der Waals surface area contributed by atoms with Gasteiger partial charge in [-0.1, -0.05) is 18.2 Å². The van der Waals surface area contributed by atoms with Crippen LogP contribution in [0.4, 0.5) is 13.2 Å². The Morgan fingerprint density at radius 1 is 1.00 bits per heavy atom. The van der Waals surface area contributed by atoms with Gasteiger partial charge in [-0.3, -0.25) is 0 Å². The van der Waals surface area contributed by atoms with Crippen LogP contribution in [-0.4, -0.2) is 7.05 Å². The summed E-state index contributed by atoms with van der Waals surface area (Å²) in [6.45, 7) is 0.622. The second kappa shape index (κ2) is 5.96. The van der Waals surface area contributed by atoms with Gasteiger partial charge in [-0.15, -0.1) is 0 Å². The summed E-state index contributed by atoms with van der Waals surface area (Å²) in [7, 11) is 1.81. The van der Waals surface area contributed by atoms with E-state index < -0.39 is 11.7 Å². The lowest BCUT2D eigenvalue weighted by molar-refractivity contribution is -0.137. The highest BCUT2D eigenvalue weighted by Gasteiger charge is 2.30. The fourth-order valence-electron chi connectivity index (χ4n) is 1.78. The van der Waals surface area contributed by atoms with Crippen molar-refractivity contribution in [1.29, 1.82) is 0 Å². The van der Waals surface area contributed by atoms with Crippen LogP contribution in [0, 0.1) is 0 Å². The van der Waals surface area contributed by atoms with Crippen molar-refractivity contribution < 1.29 is 17.9 Å². The first-order valence-electron chi connectivity index (χ1n) is 6.08. The maximum Gasteiger partial charge on any atom is 0.416 e. The van der Waals surface area contributed by atoms with Gasteiger partial charge >= 0.3 is 6.18 Å². The van der Waals surface area contributed by atoms with Gasteiger partial charge in [-0.05, 0) is 37.4 Å². The van der Waals surface area contributed by atoms with Crippen molar-refractivity contribution in [3.63, 3.8) is 0 Å². The number of alkyl halides is 3. The summed E-state index contributed by atoms with van der Waals surface area (Å²) in [4.78, 5) is 0. The number of benzene rings is 2. The highest BCUT2D eigenvalue weighted by Crippen LogP contribution is 2.32. The molecule has 0 amide bonds. The van der Waals surface area contributed by atoms with Crippen LogP contribution in [0.25, 0.3) is 0 Å². The molecule has 0 aliphatic carbocycles. The average molecular weight is 281 g/mol. The molecule has 0 spiro atoms. The minimum Gasteiger partial charge on any atom is -0.457 e. The summed E-state index contributed by atoms with van der Waals surface area (Å²) >= 11 is 0. The fourth-order valence-corrected chi connectivity index (χ4v) is 1.78. The number of halogens is 3. The number of para-hydroxylation sites is 1. The predicted octanol–water partition coefficient (Wildman–Crippen LogP) is 4.22. The van der Waals surface area contributed by atoms with Gasteiger partial charge in [-0.2, -0.15) is 13.2 Å². The van der Waals surface area contributed by atoms with Crippen LogP contribution in [0.15, 0.2) is 48.5 Å². The minimum atomic E-state index is -4.33. The van der Waals surface area contributed by atoms with E-state index in [-0.39, 0.29) is 0 Å². The molecule has 2 aromatic carbocycles. The molecule has 0 saturated heterocycles. The van der Waals surface area contributed by atoms with E-state index in [9.17, 15) is 13.2 Å². The highest BCUT2D eigenvalue weighted by atomic mass is 19.4. The molecule has 5 heteroatoms. The first kappa shape index (κ1) is 14.4. The summed E-state index contributed by atoms with van der Waals surface area (Å²) in [6, 6.07) is 12.0. The maximum absolute atomic E-state index is 12.5. The van der Waals surface area contributed by atoms with Crippen LogP contribution in [-0.2, 0) is 12.7 Å². The maximum atomic E-state index is 12.5. The Hall–Kier alpha value is -2.01. The Morgan fingerprint density at radius 2 is 1.65 bits per heavy atom. The van der Waals surface area contributed by atoms with Gasteiger partial charge in [0.1, 0.15) is 11.5 Å². The summed E-state index contributed by atoms with van der Waals surface area (Å²) < 4.78 is 43.0. The van der Waals surface area contributed by atoms with Crippen LogP contribution in [0.5, 0.6) is 11.5 Å². The van der Waals surface area contributed by atoms with Crippen molar-refractivity contribution >= 4 is 0 Å². The Balaban J connectivity index is 2.18. The van der Waals surface area contributed by atoms with E-state index in [1.807, 2.05) is 25.2 Å². The molecule has 0 heterocycles. The predicted molar refractivity (Wildman–Crippen MR) is 70.7 cm³/mol. The van der Waals surface area contributed by atoms with Gasteiger partial charge in [0.2, 0.25) is 0 Å². The molecule has 1 N–H and O–H groups in total. The second-order valence-corrected chi connectivity index (χ2v) is 4.26. The summed E-state index contributed by atoms with van der Waals surface area (Å²) in [6.07, 6.45) is -4.33. The minimum absolute atomic E-state index is 0.376. The Morgan fingerprint density at radius 3 is 2.25 bits per heavy atom. The van der Waals surface area contributed by atoms with E-state index >= 15 is 0 Å². The van der Waals surface area contributed by atoms with Crippen molar-refractivity contribution in [2.24, 2.45) is 0 Å². The van der Waals surface area contributed by atoms with Gasteiger partial charge in [0.05, 0.1) is 5.56 Å². The molecular formula is C15H14F3NO. The smallest absolute Gasteiger partial charge is 0.416 e. The number of rotatable bonds is 4. The zero-order chi connectivity index (χ0) is 14.6. The molecule has 2 nitrogen and oxygen atoms in total. The Kier molecular flexibility index (Phi) is 4.29. The zero-order valence-electron chi connectivity index (χ0n) is 10.9. The van der Waals surface area contributed by atoms with E-state index in [0.717, 1.165) is 17.7 Å². The normalized spacial score (nSPS) is 11.4. The molecule has 0 aliphatic heterocycles. The fraction of sp³-hybridized carbons (Fsp3) is 0.200. The highest BCUT2D eigenvalue weighted by molar-refractivity contribution is 5.38. The second-order valence-electron chi connectivity index (χ2n) is 4.26. The molecule has 0 aliphatic rings. The molecule has 2 rings (SSSR count).